The summed E-state index contributed by atoms with van der Waals surface area (Å²) in [6, 6.07) is 5.00. The summed E-state index contributed by atoms with van der Waals surface area (Å²) in [6.07, 6.45) is 0.741. The fourth-order valence-electron chi connectivity index (χ4n) is 1.96. The number of hydrogen-bond donors (Lipinski definition) is 2. The van der Waals surface area contributed by atoms with Gasteiger partial charge in [-0.05, 0) is 44.5 Å². The van der Waals surface area contributed by atoms with Crippen LogP contribution in [0.15, 0.2) is 28.8 Å². The highest BCUT2D eigenvalue weighted by Crippen LogP contribution is 2.18. The van der Waals surface area contributed by atoms with Crippen LogP contribution in [0, 0.1) is 5.82 Å². The lowest BCUT2D eigenvalue weighted by Gasteiger charge is -2.11. The molecule has 0 radical (unpaired) electrons. The Kier molecular flexibility index (Phi) is 6.68. The highest BCUT2D eigenvalue weighted by Gasteiger charge is 2.17. The van der Waals surface area contributed by atoms with Crippen LogP contribution in [-0.2, 0) is 4.74 Å². The Morgan fingerprint density at radius 3 is 2.83 bits per heavy atom. The van der Waals surface area contributed by atoms with E-state index >= 15 is 0 Å². The van der Waals surface area contributed by atoms with Gasteiger partial charge in [0.05, 0.1) is 0 Å². The van der Waals surface area contributed by atoms with Crippen molar-refractivity contribution in [3.63, 3.8) is 0 Å². The van der Waals surface area contributed by atoms with Crippen molar-refractivity contribution in [2.24, 2.45) is 0 Å². The molecule has 0 saturated carbocycles. The van der Waals surface area contributed by atoms with E-state index in [1.54, 1.807) is 19.1 Å². The predicted octanol–water partition coefficient (Wildman–Crippen LogP) is 2.66. The Balaban J connectivity index is 1.83. The van der Waals surface area contributed by atoms with Gasteiger partial charge in [-0.1, -0.05) is 5.16 Å². The van der Waals surface area contributed by atoms with E-state index in [1.165, 1.54) is 12.1 Å². The molecule has 1 atom stereocenters. The van der Waals surface area contributed by atoms with Crippen LogP contribution >= 0.6 is 0 Å². The van der Waals surface area contributed by atoms with Crippen LogP contribution in [0.3, 0.4) is 0 Å². The quantitative estimate of drug-likeness (QED) is 0.724. The summed E-state index contributed by atoms with van der Waals surface area (Å²) in [4.78, 5) is 16.0. The number of urea groups is 1. The molecule has 24 heavy (non-hydrogen) atoms. The maximum atomic E-state index is 12.9. The third kappa shape index (κ3) is 5.31. The largest absolute Gasteiger partial charge is 0.382 e. The number of ether oxygens (including phenoxy) is 1. The smallest absolute Gasteiger partial charge is 0.315 e. The van der Waals surface area contributed by atoms with Gasteiger partial charge in [0.25, 0.3) is 0 Å². The lowest BCUT2D eigenvalue weighted by atomic mass is 10.2. The number of nitrogens with one attached hydrogen (secondary N) is 2. The van der Waals surface area contributed by atoms with Crippen LogP contribution in [-0.4, -0.2) is 35.9 Å². The Morgan fingerprint density at radius 2 is 2.12 bits per heavy atom. The minimum Gasteiger partial charge on any atom is -0.382 e. The number of carbonyl (C=O) groups is 1. The molecule has 7 nitrogen and oxygen atoms in total. The molecule has 0 aliphatic carbocycles. The molecular weight excluding hydrogens is 315 g/mol. The maximum absolute atomic E-state index is 12.9. The van der Waals surface area contributed by atoms with E-state index in [0.717, 1.165) is 6.42 Å². The molecule has 2 rings (SSSR count). The number of hydrogen-bond acceptors (Lipinski definition) is 5. The Bertz CT molecular complexity index is 645. The zero-order valence-electron chi connectivity index (χ0n) is 13.7. The van der Waals surface area contributed by atoms with Gasteiger partial charge in [-0.3, -0.25) is 0 Å². The molecule has 1 heterocycles. The zero-order valence-corrected chi connectivity index (χ0v) is 13.7. The minimum absolute atomic E-state index is 0.277. The molecule has 0 fully saturated rings. The van der Waals surface area contributed by atoms with Gasteiger partial charge < -0.3 is 19.9 Å². The summed E-state index contributed by atoms with van der Waals surface area (Å²) >= 11 is 0. The number of benzene rings is 1. The molecule has 2 N–H and O–H groups in total. The van der Waals surface area contributed by atoms with Gasteiger partial charge in [-0.15, -0.1) is 0 Å². The fraction of sp³-hybridized carbons (Fsp3) is 0.438. The molecule has 130 valence electrons. The van der Waals surface area contributed by atoms with Crippen molar-refractivity contribution >= 4 is 6.03 Å². The first kappa shape index (κ1) is 17.9. The summed E-state index contributed by atoms with van der Waals surface area (Å²) < 4.78 is 23.3. The molecule has 2 amide bonds. The molecule has 8 heteroatoms. The first-order valence-corrected chi connectivity index (χ1v) is 7.81. The summed E-state index contributed by atoms with van der Waals surface area (Å²) in [5.41, 5.74) is 0.638. The summed E-state index contributed by atoms with van der Waals surface area (Å²) in [7, 11) is 0. The number of nitrogens with zero attached hydrogens (tertiary/aromatic N) is 2. The van der Waals surface area contributed by atoms with Gasteiger partial charge in [0.1, 0.15) is 11.9 Å². The fourth-order valence-corrected chi connectivity index (χ4v) is 1.96. The van der Waals surface area contributed by atoms with E-state index < -0.39 is 6.04 Å². The van der Waals surface area contributed by atoms with Gasteiger partial charge >= 0.3 is 6.03 Å². The molecule has 1 aromatic heterocycles. The highest BCUT2D eigenvalue weighted by molar-refractivity contribution is 5.74. The number of aromatic nitrogens is 2. The van der Waals surface area contributed by atoms with E-state index in [9.17, 15) is 9.18 Å². The second kappa shape index (κ2) is 8.97. The topological polar surface area (TPSA) is 89.3 Å². The Labute approximate surface area is 139 Å². The van der Waals surface area contributed by atoms with E-state index in [-0.39, 0.29) is 17.7 Å². The van der Waals surface area contributed by atoms with Crippen molar-refractivity contribution in [2.45, 2.75) is 26.3 Å². The molecule has 0 saturated heterocycles. The van der Waals surface area contributed by atoms with Gasteiger partial charge in [-0.2, -0.15) is 4.98 Å². The predicted molar refractivity (Wildman–Crippen MR) is 85.8 cm³/mol. The zero-order chi connectivity index (χ0) is 17.4. The highest BCUT2D eigenvalue weighted by atomic mass is 19.1. The number of halogens is 1. The maximum Gasteiger partial charge on any atom is 0.315 e. The first-order valence-electron chi connectivity index (χ1n) is 7.81. The van der Waals surface area contributed by atoms with Crippen molar-refractivity contribution in [3.8, 4) is 11.4 Å². The summed E-state index contributed by atoms with van der Waals surface area (Å²) in [5, 5.41) is 9.28. The standard InChI is InChI=1S/C16H21FN4O3/c1-3-23-10-4-9-18-16(22)19-11(2)15-20-14(21-24-15)12-5-7-13(17)8-6-12/h5-8,11H,3-4,9-10H2,1-2H3,(H2,18,19,22). The van der Waals surface area contributed by atoms with Crippen molar-refractivity contribution < 1.29 is 18.4 Å². The average Bonchev–Trinajstić information content (AvgIpc) is 3.05. The molecule has 2 aromatic rings. The van der Waals surface area contributed by atoms with Crippen LogP contribution in [0.2, 0.25) is 0 Å². The van der Waals surface area contributed by atoms with Crippen molar-refractivity contribution in [1.29, 1.82) is 0 Å². The van der Waals surface area contributed by atoms with Crippen molar-refractivity contribution in [2.75, 3.05) is 19.8 Å². The average molecular weight is 336 g/mol. The minimum atomic E-state index is -0.446. The van der Waals surface area contributed by atoms with Gasteiger partial charge in [0.15, 0.2) is 0 Å². The van der Waals surface area contributed by atoms with E-state index in [4.69, 9.17) is 9.26 Å². The Hall–Kier alpha value is -2.48. The summed E-state index contributed by atoms with van der Waals surface area (Å²) in [6.45, 7) is 5.45. The monoisotopic (exact) mass is 336 g/mol. The normalized spacial score (nSPS) is 12.0. The molecular formula is C16H21FN4O3. The molecule has 1 unspecified atom stereocenters. The third-order valence-electron chi connectivity index (χ3n) is 3.22. The van der Waals surface area contributed by atoms with E-state index in [1.807, 2.05) is 6.92 Å². The van der Waals surface area contributed by atoms with E-state index in [0.29, 0.717) is 31.1 Å². The van der Waals surface area contributed by atoms with Gasteiger partial charge in [0, 0.05) is 25.3 Å². The third-order valence-corrected chi connectivity index (χ3v) is 3.22. The first-order chi connectivity index (χ1) is 11.6. The van der Waals surface area contributed by atoms with Gasteiger partial charge in [0.2, 0.25) is 11.7 Å². The van der Waals surface area contributed by atoms with Gasteiger partial charge in [-0.25, -0.2) is 9.18 Å². The van der Waals surface area contributed by atoms with Crippen LogP contribution in [0.25, 0.3) is 11.4 Å². The number of carbonyl (C=O) groups excluding carboxylic acids is 1. The SMILES string of the molecule is CCOCCCNC(=O)NC(C)c1nc(-c2ccc(F)cc2)no1. The lowest BCUT2D eigenvalue weighted by molar-refractivity contribution is 0.145. The van der Waals surface area contributed by atoms with Crippen molar-refractivity contribution in [3.05, 3.63) is 36.0 Å². The lowest BCUT2D eigenvalue weighted by Crippen LogP contribution is -2.37. The molecule has 1 aromatic carbocycles. The van der Waals surface area contributed by atoms with Crippen molar-refractivity contribution in [1.82, 2.24) is 20.8 Å². The number of amides is 2. The summed E-state index contributed by atoms with van der Waals surface area (Å²) in [5.74, 6) is 0.285. The molecule has 0 aliphatic rings. The van der Waals surface area contributed by atoms with Crippen LogP contribution in [0.5, 0.6) is 0 Å². The van der Waals surface area contributed by atoms with E-state index in [2.05, 4.69) is 20.8 Å². The van der Waals surface area contributed by atoms with Crippen LogP contribution in [0.4, 0.5) is 9.18 Å². The second-order valence-corrected chi connectivity index (χ2v) is 5.14. The van der Waals surface area contributed by atoms with Crippen LogP contribution in [0.1, 0.15) is 32.2 Å². The molecule has 0 spiro atoms. The second-order valence-electron chi connectivity index (χ2n) is 5.14. The Morgan fingerprint density at radius 1 is 1.38 bits per heavy atom. The van der Waals surface area contributed by atoms with Crippen LogP contribution < -0.4 is 10.6 Å². The molecule has 0 bridgehead atoms. The molecule has 0 aliphatic heterocycles. The number of rotatable bonds is 8.